The van der Waals surface area contributed by atoms with Gasteiger partial charge in [0.15, 0.2) is 0 Å². The van der Waals surface area contributed by atoms with E-state index in [2.05, 4.69) is 78.3 Å². The van der Waals surface area contributed by atoms with Crippen LogP contribution in [0.4, 0.5) is 34.1 Å². The van der Waals surface area contributed by atoms with E-state index in [1.165, 1.54) is 22.3 Å². The monoisotopic (exact) mass is 440 g/mol. The Bertz CT molecular complexity index is 1340. The van der Waals surface area contributed by atoms with Gasteiger partial charge in [-0.15, -0.1) is 0 Å². The van der Waals surface area contributed by atoms with Crippen molar-refractivity contribution < 1.29 is 0 Å². The third-order valence-corrected chi connectivity index (χ3v) is 6.58. The molecule has 0 fully saturated rings. The van der Waals surface area contributed by atoms with Crippen LogP contribution in [-0.2, 0) is 12.8 Å². The highest BCUT2D eigenvalue weighted by Crippen LogP contribution is 2.47. The summed E-state index contributed by atoms with van der Waals surface area (Å²) in [5.74, 6) is 0. The molecule has 6 heteroatoms. The van der Waals surface area contributed by atoms with Crippen LogP contribution in [0, 0.1) is 0 Å². The Labute approximate surface area is 197 Å². The second kappa shape index (κ2) is 7.49. The number of benzene rings is 1. The summed E-state index contributed by atoms with van der Waals surface area (Å²) in [6.07, 6.45) is 16.9. The lowest BCUT2D eigenvalue weighted by Crippen LogP contribution is -2.21. The number of aromatic nitrogens is 4. The summed E-state index contributed by atoms with van der Waals surface area (Å²) in [7, 11) is 0. The number of pyridine rings is 4. The fourth-order valence-electron chi connectivity index (χ4n) is 5.09. The Morgan fingerprint density at radius 2 is 0.824 bits per heavy atom. The third-order valence-electron chi connectivity index (χ3n) is 6.58. The molecule has 0 radical (unpaired) electrons. The molecule has 0 atom stereocenters. The molecule has 4 aromatic heterocycles. The van der Waals surface area contributed by atoms with Crippen molar-refractivity contribution in [1.82, 2.24) is 19.9 Å². The summed E-state index contributed by atoms with van der Waals surface area (Å²) in [4.78, 5) is 22.1. The van der Waals surface area contributed by atoms with Crippen molar-refractivity contribution in [2.24, 2.45) is 0 Å². The minimum absolute atomic E-state index is 0.829. The molecule has 2 aliphatic heterocycles. The van der Waals surface area contributed by atoms with Crippen molar-refractivity contribution in [2.75, 3.05) is 9.80 Å². The van der Waals surface area contributed by atoms with Crippen LogP contribution < -0.4 is 9.80 Å². The first kappa shape index (κ1) is 18.9. The van der Waals surface area contributed by atoms with E-state index < -0.39 is 0 Å². The first-order valence-electron chi connectivity index (χ1n) is 11.3. The van der Waals surface area contributed by atoms with E-state index in [4.69, 9.17) is 0 Å². The number of hydrogen-bond donors (Lipinski definition) is 0. The fraction of sp³-hybridized carbons (Fsp3) is 0.0714. The Balaban J connectivity index is 1.42. The summed E-state index contributed by atoms with van der Waals surface area (Å²) in [5, 5.41) is 0. The van der Waals surface area contributed by atoms with Gasteiger partial charge in [0.1, 0.15) is 0 Å². The van der Waals surface area contributed by atoms with Crippen molar-refractivity contribution in [2.45, 2.75) is 12.8 Å². The molecule has 0 saturated carbocycles. The van der Waals surface area contributed by atoms with Crippen LogP contribution in [0.15, 0.2) is 98.1 Å². The molecule has 162 valence electrons. The number of hydrogen-bond acceptors (Lipinski definition) is 6. The van der Waals surface area contributed by atoms with Crippen LogP contribution >= 0.6 is 0 Å². The molecule has 1 aromatic carbocycles. The molecule has 7 rings (SSSR count). The smallest absolute Gasteiger partial charge is 0.0527 e. The quantitative estimate of drug-likeness (QED) is 0.328. The van der Waals surface area contributed by atoms with Gasteiger partial charge in [-0.25, -0.2) is 0 Å². The molecule has 2 aliphatic rings. The van der Waals surface area contributed by atoms with Crippen molar-refractivity contribution >= 4 is 34.1 Å². The normalized spacial score (nSPS) is 13.5. The fourth-order valence-corrected chi connectivity index (χ4v) is 5.09. The van der Waals surface area contributed by atoms with Crippen LogP contribution in [0.5, 0.6) is 0 Å². The zero-order chi connectivity index (χ0) is 22.5. The van der Waals surface area contributed by atoms with Gasteiger partial charge in [0.05, 0.1) is 22.7 Å². The lowest BCUT2D eigenvalue weighted by atomic mass is 9.97. The highest BCUT2D eigenvalue weighted by atomic mass is 15.2. The van der Waals surface area contributed by atoms with Crippen molar-refractivity contribution in [3.8, 4) is 0 Å². The zero-order valence-electron chi connectivity index (χ0n) is 18.3. The van der Waals surface area contributed by atoms with Crippen molar-refractivity contribution in [1.29, 1.82) is 0 Å². The predicted octanol–water partition coefficient (Wildman–Crippen LogP) is 6.01. The number of fused-ring (bicyclic) bond motifs is 4. The summed E-state index contributed by atoms with van der Waals surface area (Å²) >= 11 is 0. The number of rotatable bonds is 2. The van der Waals surface area contributed by atoms with Gasteiger partial charge in [-0.05, 0) is 64.7 Å². The first-order valence-corrected chi connectivity index (χ1v) is 11.3. The molecule has 6 heterocycles. The van der Waals surface area contributed by atoms with Gasteiger partial charge in [-0.1, -0.05) is 6.07 Å². The highest BCUT2D eigenvalue weighted by Gasteiger charge is 2.27. The van der Waals surface area contributed by atoms with E-state index >= 15 is 0 Å². The van der Waals surface area contributed by atoms with Crippen LogP contribution in [0.3, 0.4) is 0 Å². The molecule has 5 aromatic rings. The summed E-state index contributed by atoms with van der Waals surface area (Å²) in [5.41, 5.74) is 11.6. The molecule has 6 nitrogen and oxygen atoms in total. The maximum absolute atomic E-state index is 4.37. The molecule has 0 amide bonds. The van der Waals surface area contributed by atoms with E-state index in [0.717, 1.165) is 47.0 Å². The van der Waals surface area contributed by atoms with Crippen LogP contribution in [0.2, 0.25) is 0 Å². The average molecular weight is 441 g/mol. The van der Waals surface area contributed by atoms with Gasteiger partial charge in [-0.3, -0.25) is 19.9 Å². The minimum atomic E-state index is 0.829. The number of anilines is 6. The van der Waals surface area contributed by atoms with E-state index in [-0.39, 0.29) is 0 Å². The third kappa shape index (κ3) is 2.89. The lowest BCUT2D eigenvalue weighted by Gasteiger charge is -2.35. The molecule has 0 unspecified atom stereocenters. The lowest BCUT2D eigenvalue weighted by molar-refractivity contribution is 1.03. The van der Waals surface area contributed by atoms with Gasteiger partial charge < -0.3 is 9.80 Å². The second-order valence-electron chi connectivity index (χ2n) is 8.56. The molecular weight excluding hydrogens is 420 g/mol. The Kier molecular flexibility index (Phi) is 4.17. The Morgan fingerprint density at radius 1 is 0.471 bits per heavy atom. The summed E-state index contributed by atoms with van der Waals surface area (Å²) in [6, 6.07) is 17.1. The summed E-state index contributed by atoms with van der Waals surface area (Å²) in [6.45, 7) is 0. The average Bonchev–Trinajstić information content (AvgIpc) is 2.90. The first-order chi connectivity index (χ1) is 16.9. The standard InChI is InChI=1S/C28H20N6/c1-2-23(33-25-4-8-29-15-19(25)12-20-16-30-9-5-26(20)33)14-24(3-1)34-27-6-10-31-17-21(27)13-22-18-32-11-7-28(22)34/h1-11,14-18H,12-13H2. The maximum Gasteiger partial charge on any atom is 0.0527 e. The van der Waals surface area contributed by atoms with E-state index in [0.29, 0.717) is 0 Å². The van der Waals surface area contributed by atoms with E-state index in [1.807, 2.05) is 49.6 Å². The predicted molar refractivity (Wildman–Crippen MR) is 133 cm³/mol. The second-order valence-corrected chi connectivity index (χ2v) is 8.56. The van der Waals surface area contributed by atoms with Crippen LogP contribution in [-0.4, -0.2) is 19.9 Å². The van der Waals surface area contributed by atoms with Crippen molar-refractivity contribution in [3.63, 3.8) is 0 Å². The van der Waals surface area contributed by atoms with Crippen molar-refractivity contribution in [3.05, 3.63) is 120 Å². The van der Waals surface area contributed by atoms with Crippen LogP contribution in [0.25, 0.3) is 0 Å². The van der Waals surface area contributed by atoms with E-state index in [9.17, 15) is 0 Å². The number of nitrogens with zero attached hydrogens (tertiary/aromatic N) is 6. The Morgan fingerprint density at radius 3 is 1.18 bits per heavy atom. The van der Waals surface area contributed by atoms with Gasteiger partial charge in [0.25, 0.3) is 0 Å². The SMILES string of the molecule is c1cc(N2c3ccncc3Cc3cnccc32)cc(N2c3ccncc3Cc3cnccc32)c1. The van der Waals surface area contributed by atoms with E-state index in [1.54, 1.807) is 0 Å². The highest BCUT2D eigenvalue weighted by molar-refractivity contribution is 5.88. The molecule has 34 heavy (non-hydrogen) atoms. The minimum Gasteiger partial charge on any atom is -0.310 e. The largest absolute Gasteiger partial charge is 0.310 e. The zero-order valence-corrected chi connectivity index (χ0v) is 18.3. The molecular formula is C28H20N6. The van der Waals surface area contributed by atoms with Gasteiger partial charge >= 0.3 is 0 Å². The van der Waals surface area contributed by atoms with Gasteiger partial charge in [0.2, 0.25) is 0 Å². The Hall–Kier alpha value is -4.58. The molecule has 0 saturated heterocycles. The maximum atomic E-state index is 4.37. The topological polar surface area (TPSA) is 58.0 Å². The molecule has 0 spiro atoms. The summed E-state index contributed by atoms with van der Waals surface area (Å²) < 4.78 is 0. The van der Waals surface area contributed by atoms with Gasteiger partial charge in [0, 0.05) is 73.8 Å². The molecule has 0 aliphatic carbocycles. The molecule has 0 bridgehead atoms. The molecule has 0 N–H and O–H groups in total. The van der Waals surface area contributed by atoms with Gasteiger partial charge in [-0.2, -0.15) is 0 Å². The van der Waals surface area contributed by atoms with Crippen LogP contribution in [0.1, 0.15) is 22.3 Å².